The van der Waals surface area contributed by atoms with Crippen molar-refractivity contribution in [2.24, 2.45) is 4.99 Å². The van der Waals surface area contributed by atoms with Gasteiger partial charge in [-0.3, -0.25) is 9.69 Å². The Hall–Kier alpha value is -2.30. The molecule has 1 heterocycles. The molecule has 0 aliphatic carbocycles. The van der Waals surface area contributed by atoms with Crippen molar-refractivity contribution >= 4 is 73.1 Å². The standard InChI is InChI=1S/C28H26BrIN2O3S/c1-17(2)32-27(33)25(36-28(32)31-22-11-5-18(3)6-12-22)15-20-13-23(30)26(24(14-20)34-4)35-16-19-7-9-21(29)10-8-19/h5-15,17H,16H2,1-4H3/b25-15+,31-28?. The Balaban J connectivity index is 1.60. The molecule has 4 rings (SSSR count). The van der Waals surface area contributed by atoms with Crippen molar-refractivity contribution in [3.63, 3.8) is 0 Å². The van der Waals surface area contributed by atoms with Gasteiger partial charge in [0, 0.05) is 10.5 Å². The lowest BCUT2D eigenvalue weighted by molar-refractivity contribution is -0.123. The van der Waals surface area contributed by atoms with Crippen molar-refractivity contribution < 1.29 is 14.3 Å². The van der Waals surface area contributed by atoms with Gasteiger partial charge in [-0.1, -0.05) is 45.8 Å². The van der Waals surface area contributed by atoms with Crippen LogP contribution in [-0.4, -0.2) is 29.1 Å². The number of carbonyl (C=O) groups excluding carboxylic acids is 1. The van der Waals surface area contributed by atoms with Crippen LogP contribution < -0.4 is 9.47 Å². The zero-order valence-electron chi connectivity index (χ0n) is 20.4. The average Bonchev–Trinajstić information content (AvgIpc) is 3.15. The fourth-order valence-corrected chi connectivity index (χ4v) is 5.77. The second-order valence-electron chi connectivity index (χ2n) is 8.56. The number of amidine groups is 1. The molecule has 1 aliphatic rings. The van der Waals surface area contributed by atoms with E-state index in [1.165, 1.54) is 17.3 Å². The van der Waals surface area contributed by atoms with Crippen molar-refractivity contribution in [2.75, 3.05) is 7.11 Å². The van der Waals surface area contributed by atoms with E-state index < -0.39 is 0 Å². The zero-order chi connectivity index (χ0) is 25.8. The summed E-state index contributed by atoms with van der Waals surface area (Å²) in [7, 11) is 1.62. The van der Waals surface area contributed by atoms with Crippen molar-refractivity contribution in [2.45, 2.75) is 33.4 Å². The molecule has 36 heavy (non-hydrogen) atoms. The highest BCUT2D eigenvalue weighted by Crippen LogP contribution is 2.39. The van der Waals surface area contributed by atoms with E-state index >= 15 is 0 Å². The fraction of sp³-hybridized carbons (Fsp3) is 0.214. The molecule has 5 nitrogen and oxygen atoms in total. The quantitative estimate of drug-likeness (QED) is 0.188. The average molecular weight is 677 g/mol. The molecule has 186 valence electrons. The van der Waals surface area contributed by atoms with Crippen LogP contribution in [0.2, 0.25) is 0 Å². The van der Waals surface area contributed by atoms with Crippen LogP contribution in [0.5, 0.6) is 11.5 Å². The Morgan fingerprint density at radius 1 is 1.11 bits per heavy atom. The number of aliphatic imine (C=N–C) groups is 1. The largest absolute Gasteiger partial charge is 0.493 e. The lowest BCUT2D eigenvalue weighted by atomic mass is 10.1. The highest BCUT2D eigenvalue weighted by molar-refractivity contribution is 14.1. The molecular weight excluding hydrogens is 651 g/mol. The lowest BCUT2D eigenvalue weighted by Crippen LogP contribution is -2.35. The minimum atomic E-state index is -0.0506. The molecular formula is C28H26BrIN2O3S. The Morgan fingerprint density at radius 3 is 2.44 bits per heavy atom. The molecule has 0 atom stereocenters. The predicted octanol–water partition coefficient (Wildman–Crippen LogP) is 7.96. The summed E-state index contributed by atoms with van der Waals surface area (Å²) < 4.78 is 13.7. The third kappa shape index (κ3) is 6.33. The first-order chi connectivity index (χ1) is 17.2. The molecule has 1 aliphatic heterocycles. The van der Waals surface area contributed by atoms with Crippen LogP contribution in [0.15, 0.2) is 75.0 Å². The van der Waals surface area contributed by atoms with E-state index in [0.29, 0.717) is 28.2 Å². The zero-order valence-corrected chi connectivity index (χ0v) is 25.0. The maximum Gasteiger partial charge on any atom is 0.266 e. The van der Waals surface area contributed by atoms with E-state index in [-0.39, 0.29) is 11.9 Å². The summed E-state index contributed by atoms with van der Waals surface area (Å²) in [5.74, 6) is 1.25. The first kappa shape index (κ1) is 26.8. The van der Waals surface area contributed by atoms with Crippen molar-refractivity contribution in [3.8, 4) is 11.5 Å². The molecule has 0 N–H and O–H groups in total. The summed E-state index contributed by atoms with van der Waals surface area (Å²) in [6.45, 7) is 6.46. The van der Waals surface area contributed by atoms with E-state index in [2.05, 4.69) is 38.5 Å². The molecule has 0 aromatic heterocycles. The number of methoxy groups -OCH3 is 1. The smallest absolute Gasteiger partial charge is 0.266 e. The molecule has 8 heteroatoms. The van der Waals surface area contributed by atoms with Gasteiger partial charge in [0.25, 0.3) is 5.91 Å². The number of nitrogens with zero attached hydrogens (tertiary/aromatic N) is 2. The number of thioether (sulfide) groups is 1. The van der Waals surface area contributed by atoms with Crippen LogP contribution in [0.1, 0.15) is 30.5 Å². The Labute approximate surface area is 238 Å². The lowest BCUT2D eigenvalue weighted by Gasteiger charge is -2.19. The maximum atomic E-state index is 13.3. The number of carbonyl (C=O) groups is 1. The minimum Gasteiger partial charge on any atom is -0.493 e. The summed E-state index contributed by atoms with van der Waals surface area (Å²) in [5, 5.41) is 0.682. The highest BCUT2D eigenvalue weighted by Gasteiger charge is 2.35. The van der Waals surface area contributed by atoms with Crippen LogP contribution >= 0.6 is 50.3 Å². The Bertz CT molecular complexity index is 1320. The molecule has 1 amide bonds. The maximum absolute atomic E-state index is 13.3. The number of ether oxygens (including phenoxy) is 2. The molecule has 1 fully saturated rings. The summed E-state index contributed by atoms with van der Waals surface area (Å²) >= 11 is 7.09. The van der Waals surface area contributed by atoms with Crippen molar-refractivity contribution in [3.05, 3.63) is 90.3 Å². The molecule has 3 aromatic rings. The van der Waals surface area contributed by atoms with Gasteiger partial charge in [0.15, 0.2) is 16.7 Å². The predicted molar refractivity (Wildman–Crippen MR) is 160 cm³/mol. The Kier molecular flexibility index (Phi) is 8.79. The first-order valence-electron chi connectivity index (χ1n) is 11.4. The van der Waals surface area contributed by atoms with E-state index in [1.807, 2.05) is 87.5 Å². The topological polar surface area (TPSA) is 51.1 Å². The van der Waals surface area contributed by atoms with Crippen LogP contribution in [0.25, 0.3) is 6.08 Å². The number of halogens is 2. The van der Waals surface area contributed by atoms with E-state index in [4.69, 9.17) is 14.5 Å². The van der Waals surface area contributed by atoms with Crippen LogP contribution in [0.3, 0.4) is 0 Å². The van der Waals surface area contributed by atoms with Gasteiger partial charge in [0.2, 0.25) is 0 Å². The van der Waals surface area contributed by atoms with Gasteiger partial charge < -0.3 is 9.47 Å². The van der Waals surface area contributed by atoms with Gasteiger partial charge >= 0.3 is 0 Å². The number of hydrogen-bond donors (Lipinski definition) is 0. The van der Waals surface area contributed by atoms with Crippen LogP contribution in [0.4, 0.5) is 5.69 Å². The SMILES string of the molecule is COc1cc(/C=C2/SC(=Nc3ccc(C)cc3)N(C(C)C)C2=O)cc(I)c1OCc1ccc(Br)cc1. The molecule has 1 saturated heterocycles. The highest BCUT2D eigenvalue weighted by atomic mass is 127. The van der Waals surface area contributed by atoms with E-state index in [0.717, 1.165) is 24.9 Å². The van der Waals surface area contributed by atoms with Gasteiger partial charge in [0.05, 0.1) is 21.3 Å². The third-order valence-corrected chi connectivity index (χ3v) is 7.77. The van der Waals surface area contributed by atoms with Crippen molar-refractivity contribution in [1.82, 2.24) is 4.90 Å². The van der Waals surface area contributed by atoms with E-state index in [1.54, 1.807) is 12.0 Å². The van der Waals surface area contributed by atoms with E-state index in [9.17, 15) is 4.79 Å². The molecule has 0 saturated carbocycles. The second-order valence-corrected chi connectivity index (χ2v) is 11.6. The van der Waals surface area contributed by atoms with Gasteiger partial charge in [0.1, 0.15) is 6.61 Å². The van der Waals surface area contributed by atoms with Gasteiger partial charge in [-0.25, -0.2) is 4.99 Å². The summed E-state index contributed by atoms with van der Waals surface area (Å²) in [5.41, 5.74) is 3.92. The summed E-state index contributed by atoms with van der Waals surface area (Å²) in [6.07, 6.45) is 1.89. The monoisotopic (exact) mass is 676 g/mol. The molecule has 0 radical (unpaired) electrons. The molecule has 0 unspecified atom stereocenters. The van der Waals surface area contributed by atoms with Gasteiger partial charge in [-0.2, -0.15) is 0 Å². The van der Waals surface area contributed by atoms with Crippen LogP contribution in [-0.2, 0) is 11.4 Å². The Morgan fingerprint density at radius 2 is 1.81 bits per heavy atom. The normalized spacial score (nSPS) is 15.9. The number of aryl methyl sites for hydroxylation is 1. The molecule has 0 bridgehead atoms. The summed E-state index contributed by atoms with van der Waals surface area (Å²) in [6, 6.07) is 19.9. The number of hydrogen-bond acceptors (Lipinski definition) is 5. The van der Waals surface area contributed by atoms with Crippen molar-refractivity contribution in [1.29, 1.82) is 0 Å². The summed E-state index contributed by atoms with van der Waals surface area (Å²) in [4.78, 5) is 20.4. The number of benzene rings is 3. The van der Waals surface area contributed by atoms with Crippen LogP contribution in [0, 0.1) is 10.5 Å². The number of rotatable bonds is 7. The van der Waals surface area contributed by atoms with Gasteiger partial charge in [-0.15, -0.1) is 0 Å². The fourth-order valence-electron chi connectivity index (χ4n) is 3.60. The number of amides is 1. The van der Waals surface area contributed by atoms with Gasteiger partial charge in [-0.05, 0) is 109 Å². The first-order valence-corrected chi connectivity index (χ1v) is 14.1. The molecule has 0 spiro atoms. The minimum absolute atomic E-state index is 0.0100. The third-order valence-electron chi connectivity index (χ3n) is 5.46. The second kappa shape index (κ2) is 11.8. The molecule has 3 aromatic carbocycles.